The Morgan fingerprint density at radius 1 is 0.583 bits per heavy atom. The van der Waals surface area contributed by atoms with Gasteiger partial charge in [-0.2, -0.15) is 0 Å². The highest BCUT2D eigenvalue weighted by Crippen LogP contribution is 2.20. The lowest BCUT2D eigenvalue weighted by Gasteiger charge is -2.33. The number of rotatable bonds is 18. The molecule has 2 aromatic rings. The molecule has 6 atom stereocenters. The van der Waals surface area contributed by atoms with Gasteiger partial charge < -0.3 is 38.6 Å². The van der Waals surface area contributed by atoms with Crippen molar-refractivity contribution in [3.8, 4) is 23.7 Å². The zero-order valence-electron chi connectivity index (χ0n) is 29.7. The van der Waals surface area contributed by atoms with Crippen LogP contribution in [0.25, 0.3) is 0 Å². The van der Waals surface area contributed by atoms with Crippen LogP contribution >= 0.6 is 0 Å². The van der Waals surface area contributed by atoms with Gasteiger partial charge >= 0.3 is 0 Å². The predicted octanol–water partition coefficient (Wildman–Crippen LogP) is 6.07. The summed E-state index contributed by atoms with van der Waals surface area (Å²) >= 11 is 0. The van der Waals surface area contributed by atoms with Gasteiger partial charge in [0.25, 0.3) is 0 Å². The van der Waals surface area contributed by atoms with Crippen molar-refractivity contribution in [2.45, 2.75) is 114 Å². The number of aliphatic hydroxyl groups is 2. The molecule has 1 aliphatic carbocycles. The van der Waals surface area contributed by atoms with Crippen LogP contribution in [0.5, 0.6) is 0 Å². The molecule has 0 heterocycles. The van der Waals surface area contributed by atoms with Gasteiger partial charge in [0.15, 0.2) is 12.2 Å². The molecule has 10 heteroatoms. The van der Waals surface area contributed by atoms with Crippen molar-refractivity contribution in [1.82, 2.24) is 0 Å². The molecule has 2 N–H and O–H groups in total. The highest BCUT2D eigenvalue weighted by atomic mass is 28.3. The number of aliphatic hydroxyl groups excluding tert-OH is 2. The van der Waals surface area contributed by atoms with Crippen LogP contribution in [0.2, 0.25) is 51.4 Å². The molecule has 3 rings (SSSR count). The van der Waals surface area contributed by atoms with Gasteiger partial charge in [-0.25, -0.2) is 0 Å². The Hall–Kier alpha value is -2.33. The lowest BCUT2D eigenvalue weighted by Crippen LogP contribution is -2.48. The third-order valence-electron chi connectivity index (χ3n) is 7.69. The second kappa shape index (κ2) is 21.0. The minimum absolute atomic E-state index is 0.0483. The Kier molecular flexibility index (Phi) is 17.6. The molecule has 48 heavy (non-hydrogen) atoms. The van der Waals surface area contributed by atoms with Crippen molar-refractivity contribution in [1.29, 1.82) is 0 Å². The van der Waals surface area contributed by atoms with Gasteiger partial charge in [0.1, 0.15) is 25.8 Å². The smallest absolute Gasteiger partial charge is 0.155 e. The van der Waals surface area contributed by atoms with Gasteiger partial charge in [-0.15, -0.1) is 0 Å². The van der Waals surface area contributed by atoms with Crippen molar-refractivity contribution in [2.75, 3.05) is 26.8 Å². The first kappa shape index (κ1) is 40.1. The summed E-state index contributed by atoms with van der Waals surface area (Å²) in [6.45, 7) is 15.3. The van der Waals surface area contributed by atoms with E-state index in [1.165, 1.54) is 0 Å². The normalized spacial score (nSPS) is 23.6. The van der Waals surface area contributed by atoms with E-state index in [2.05, 4.69) is 63.0 Å². The highest BCUT2D eigenvalue weighted by molar-refractivity contribution is 6.76. The van der Waals surface area contributed by atoms with Crippen molar-refractivity contribution in [2.24, 2.45) is 0 Å². The van der Waals surface area contributed by atoms with Gasteiger partial charge in [0.2, 0.25) is 0 Å². The molecule has 0 saturated carbocycles. The summed E-state index contributed by atoms with van der Waals surface area (Å²) in [5.41, 5.74) is 1.98. The van der Waals surface area contributed by atoms with E-state index in [1.807, 2.05) is 60.7 Å². The molecule has 0 spiro atoms. The van der Waals surface area contributed by atoms with Gasteiger partial charge in [-0.05, 0) is 23.2 Å². The van der Waals surface area contributed by atoms with Crippen LogP contribution in [0.1, 0.15) is 24.0 Å². The standard InChI is InChI=1S/C38H56O8Si2/c1-47(2,3)25-23-41-29-45-37-33(39)19-13-21-35(43-27-31-15-9-7-10-16-31)36(44-28-32-17-11-8-12-18-32)22-14-20-34(40)38(37)46-30-42-24-26-48(4,5)6/h7-12,15-18,33-40H,19-20,23-30H2,1-6H3/t33-,34-,35+,36+,37-,38?/m1/s1. The van der Waals surface area contributed by atoms with Gasteiger partial charge in [-0.3, -0.25) is 0 Å². The molecule has 0 bridgehead atoms. The fourth-order valence-electron chi connectivity index (χ4n) is 4.67. The molecule has 0 fully saturated rings. The molecular weight excluding hydrogens is 641 g/mol. The van der Waals surface area contributed by atoms with E-state index in [0.29, 0.717) is 26.4 Å². The topological polar surface area (TPSA) is 95.8 Å². The largest absolute Gasteiger partial charge is 0.389 e. The Morgan fingerprint density at radius 3 is 1.31 bits per heavy atom. The minimum atomic E-state index is -1.29. The fraction of sp³-hybridized carbons (Fsp3) is 0.579. The van der Waals surface area contributed by atoms with E-state index >= 15 is 0 Å². The van der Waals surface area contributed by atoms with E-state index < -0.39 is 52.8 Å². The first-order valence-electron chi connectivity index (χ1n) is 16.9. The lowest BCUT2D eigenvalue weighted by atomic mass is 9.98. The van der Waals surface area contributed by atoms with Crippen LogP contribution in [0.4, 0.5) is 0 Å². The summed E-state index contributed by atoms with van der Waals surface area (Å²) in [6, 6.07) is 21.6. The Balaban J connectivity index is 1.82. The molecule has 0 aliphatic heterocycles. The number of hydrogen-bond donors (Lipinski definition) is 2. The number of ether oxygens (including phenoxy) is 6. The number of hydrogen-bond acceptors (Lipinski definition) is 8. The molecule has 1 aliphatic rings. The summed E-state index contributed by atoms with van der Waals surface area (Å²) in [6.07, 6.45) is -5.37. The number of benzene rings is 2. The molecule has 1 unspecified atom stereocenters. The van der Waals surface area contributed by atoms with E-state index in [-0.39, 0.29) is 26.4 Å². The van der Waals surface area contributed by atoms with Crippen molar-refractivity contribution >= 4 is 16.1 Å². The first-order valence-corrected chi connectivity index (χ1v) is 24.4. The van der Waals surface area contributed by atoms with Crippen LogP contribution in [-0.4, -0.2) is 89.8 Å². The van der Waals surface area contributed by atoms with E-state index in [4.69, 9.17) is 28.4 Å². The molecule has 0 aromatic heterocycles. The summed E-state index contributed by atoms with van der Waals surface area (Å²) in [5, 5.41) is 22.9. The molecule has 8 nitrogen and oxygen atoms in total. The van der Waals surface area contributed by atoms with Gasteiger partial charge in [0.05, 0.1) is 25.4 Å². The molecule has 2 aromatic carbocycles. The average Bonchev–Trinajstić information content (AvgIpc) is 3.04. The van der Waals surface area contributed by atoms with E-state index in [1.54, 1.807) is 0 Å². The molecule has 264 valence electrons. The van der Waals surface area contributed by atoms with Crippen molar-refractivity contribution in [3.63, 3.8) is 0 Å². The highest BCUT2D eigenvalue weighted by Gasteiger charge is 2.36. The van der Waals surface area contributed by atoms with E-state index in [9.17, 15) is 10.2 Å². The summed E-state index contributed by atoms with van der Waals surface area (Å²) in [7, 11) is -2.58. The van der Waals surface area contributed by atoms with Crippen LogP contribution in [-0.2, 0) is 41.6 Å². The zero-order valence-corrected chi connectivity index (χ0v) is 31.7. The summed E-state index contributed by atoms with van der Waals surface area (Å²) in [4.78, 5) is 0. The van der Waals surface area contributed by atoms with Crippen LogP contribution < -0.4 is 0 Å². The van der Waals surface area contributed by atoms with E-state index in [0.717, 1.165) is 23.2 Å². The van der Waals surface area contributed by atoms with Crippen molar-refractivity contribution in [3.05, 3.63) is 71.8 Å². The maximum Gasteiger partial charge on any atom is 0.155 e. The molecular formula is C38H56O8Si2. The SMILES string of the molecule is C[Si](C)(C)CCOCOC1[C@H](O)CC#C[C@H](OCc2ccccc2)[C@@H](OCc2ccccc2)C#CC[C@@H](O)[C@H]1OCOCC[Si](C)(C)C. The Bertz CT molecular complexity index is 1190. The first-order chi connectivity index (χ1) is 22.9. The minimum Gasteiger partial charge on any atom is -0.389 e. The molecule has 0 radical (unpaired) electrons. The average molecular weight is 697 g/mol. The Morgan fingerprint density at radius 2 is 0.958 bits per heavy atom. The van der Waals surface area contributed by atoms with Crippen LogP contribution in [0.3, 0.4) is 0 Å². The third-order valence-corrected chi connectivity index (χ3v) is 11.1. The third kappa shape index (κ3) is 16.4. The maximum atomic E-state index is 11.4. The van der Waals surface area contributed by atoms with Crippen LogP contribution in [0, 0.1) is 23.7 Å². The zero-order chi connectivity index (χ0) is 34.8. The second-order valence-electron chi connectivity index (χ2n) is 14.6. The lowest BCUT2D eigenvalue weighted by molar-refractivity contribution is -0.212. The van der Waals surface area contributed by atoms with Crippen molar-refractivity contribution < 1.29 is 38.6 Å². The fourth-order valence-corrected chi connectivity index (χ4v) is 6.18. The molecule has 0 saturated heterocycles. The van der Waals surface area contributed by atoms with Gasteiger partial charge in [-0.1, -0.05) is 124 Å². The van der Waals surface area contributed by atoms with Gasteiger partial charge in [0, 0.05) is 42.2 Å². The summed E-state index contributed by atoms with van der Waals surface area (Å²) in [5.74, 6) is 12.5. The second-order valence-corrected chi connectivity index (χ2v) is 25.8. The molecule has 0 amide bonds. The monoisotopic (exact) mass is 696 g/mol. The van der Waals surface area contributed by atoms with Crippen LogP contribution in [0.15, 0.2) is 60.7 Å². The predicted molar refractivity (Wildman–Crippen MR) is 195 cm³/mol. The maximum absolute atomic E-state index is 11.4. The quantitative estimate of drug-likeness (QED) is 0.0840. The Labute approximate surface area is 290 Å². The summed E-state index contributed by atoms with van der Waals surface area (Å²) < 4.78 is 36.3.